The van der Waals surface area contributed by atoms with E-state index < -0.39 is 10.9 Å². The van der Waals surface area contributed by atoms with Crippen LogP contribution < -0.4 is 9.64 Å². The van der Waals surface area contributed by atoms with E-state index in [0.717, 1.165) is 25.3 Å². The Balaban J connectivity index is 1.49. The lowest BCUT2D eigenvalue weighted by atomic mass is 9.76. The van der Waals surface area contributed by atoms with Crippen molar-refractivity contribution in [1.82, 2.24) is 0 Å². The first kappa shape index (κ1) is 19.8. The highest BCUT2D eigenvalue weighted by molar-refractivity contribution is 6.22. The molecule has 0 aromatic heterocycles. The van der Waals surface area contributed by atoms with Crippen LogP contribution >= 0.6 is 0 Å². The highest BCUT2D eigenvalue weighted by Crippen LogP contribution is 2.42. The smallest absolute Gasteiger partial charge is 0.343 e. The third-order valence-corrected chi connectivity index (χ3v) is 5.79. The van der Waals surface area contributed by atoms with E-state index in [0.29, 0.717) is 11.6 Å². The molecule has 0 N–H and O–H groups in total. The third-order valence-electron chi connectivity index (χ3n) is 5.79. The second-order valence-electron chi connectivity index (χ2n) is 7.83. The fourth-order valence-electron chi connectivity index (χ4n) is 4.22. The van der Waals surface area contributed by atoms with Crippen molar-refractivity contribution in [3.63, 3.8) is 0 Å². The van der Waals surface area contributed by atoms with Crippen LogP contribution in [0.5, 0.6) is 5.75 Å². The summed E-state index contributed by atoms with van der Waals surface area (Å²) in [7, 11) is 0. The monoisotopic (exact) mass is 408 g/mol. The van der Waals surface area contributed by atoms with Crippen LogP contribution in [-0.2, 0) is 9.59 Å². The summed E-state index contributed by atoms with van der Waals surface area (Å²) in [4.78, 5) is 49.3. The van der Waals surface area contributed by atoms with Gasteiger partial charge >= 0.3 is 5.97 Å². The number of carbonyl (C=O) groups excluding carboxylic acids is 3. The predicted molar refractivity (Wildman–Crippen MR) is 107 cm³/mol. The minimum atomic E-state index is -0.736. The highest BCUT2D eigenvalue weighted by Gasteiger charge is 2.49. The van der Waals surface area contributed by atoms with Gasteiger partial charge in [0.15, 0.2) is 0 Å². The molecule has 0 unspecified atom stereocenters. The van der Waals surface area contributed by atoms with E-state index >= 15 is 0 Å². The van der Waals surface area contributed by atoms with Gasteiger partial charge in [-0.15, -0.1) is 0 Å². The van der Waals surface area contributed by atoms with E-state index in [1.807, 2.05) is 0 Å². The summed E-state index contributed by atoms with van der Waals surface area (Å²) >= 11 is 0. The first-order chi connectivity index (χ1) is 14.3. The van der Waals surface area contributed by atoms with Crippen molar-refractivity contribution < 1.29 is 24.0 Å². The van der Waals surface area contributed by atoms with E-state index in [9.17, 15) is 24.5 Å². The molecule has 1 aliphatic carbocycles. The minimum absolute atomic E-state index is 0.0522. The van der Waals surface area contributed by atoms with Crippen molar-refractivity contribution in [2.45, 2.75) is 26.2 Å². The molecular weight excluding hydrogens is 388 g/mol. The second kappa shape index (κ2) is 7.70. The van der Waals surface area contributed by atoms with Crippen LogP contribution in [0.25, 0.3) is 0 Å². The summed E-state index contributed by atoms with van der Waals surface area (Å²) in [5.41, 5.74) is 0.292. The lowest BCUT2D eigenvalue weighted by Crippen LogP contribution is -2.30. The van der Waals surface area contributed by atoms with Crippen LogP contribution in [0.3, 0.4) is 0 Å². The fraction of sp³-hybridized carbons (Fsp3) is 0.318. The molecule has 1 aliphatic heterocycles. The summed E-state index contributed by atoms with van der Waals surface area (Å²) < 4.78 is 5.27. The molecule has 1 saturated carbocycles. The van der Waals surface area contributed by atoms with E-state index in [2.05, 4.69) is 6.92 Å². The number of non-ortho nitro benzene ring substituents is 1. The van der Waals surface area contributed by atoms with Gasteiger partial charge in [0.2, 0.25) is 11.8 Å². The van der Waals surface area contributed by atoms with Crippen LogP contribution in [-0.4, -0.2) is 22.7 Å². The lowest BCUT2D eigenvalue weighted by Gasteiger charge is -2.25. The molecule has 154 valence electrons. The van der Waals surface area contributed by atoms with Crippen LogP contribution in [0.1, 0.15) is 36.5 Å². The van der Waals surface area contributed by atoms with Gasteiger partial charge < -0.3 is 4.74 Å². The molecule has 3 atom stereocenters. The Kier molecular flexibility index (Phi) is 5.07. The van der Waals surface area contributed by atoms with Crippen molar-refractivity contribution in [1.29, 1.82) is 0 Å². The molecule has 0 radical (unpaired) electrons. The maximum absolute atomic E-state index is 12.8. The Hall–Kier alpha value is -3.55. The highest BCUT2D eigenvalue weighted by atomic mass is 16.6. The molecule has 2 aromatic rings. The molecule has 8 heteroatoms. The standard InChI is InChI=1S/C22H20N2O6/c1-13-5-10-18-19(11-13)21(26)23(20(18)25)15-6-8-17(9-7-15)30-22(27)14-3-2-4-16(12-14)24(28)29/h2-4,6-9,12-13,18-19H,5,10-11H2,1H3/t13-,18+,19+/m0/s1. The van der Waals surface area contributed by atoms with E-state index in [1.165, 1.54) is 35.2 Å². The van der Waals surface area contributed by atoms with Crippen molar-refractivity contribution in [2.75, 3.05) is 4.90 Å². The molecule has 1 heterocycles. The van der Waals surface area contributed by atoms with E-state index in [-0.39, 0.29) is 40.7 Å². The number of benzene rings is 2. The number of rotatable bonds is 4. The quantitative estimate of drug-likeness (QED) is 0.251. The second-order valence-corrected chi connectivity index (χ2v) is 7.83. The Morgan fingerprint density at radius 2 is 1.77 bits per heavy atom. The Morgan fingerprint density at radius 3 is 2.47 bits per heavy atom. The summed E-state index contributed by atoms with van der Waals surface area (Å²) in [5, 5.41) is 10.9. The summed E-state index contributed by atoms with van der Waals surface area (Å²) in [6, 6.07) is 11.4. The van der Waals surface area contributed by atoms with Crippen LogP contribution in [0.4, 0.5) is 11.4 Å². The summed E-state index contributed by atoms with van der Waals surface area (Å²) in [6.07, 6.45) is 2.40. The molecule has 2 amide bonds. The van der Waals surface area contributed by atoms with Gasteiger partial charge in [-0.3, -0.25) is 24.6 Å². The van der Waals surface area contributed by atoms with E-state index in [1.54, 1.807) is 12.1 Å². The van der Waals surface area contributed by atoms with Gasteiger partial charge in [0, 0.05) is 12.1 Å². The topological polar surface area (TPSA) is 107 Å². The van der Waals surface area contributed by atoms with E-state index in [4.69, 9.17) is 4.74 Å². The van der Waals surface area contributed by atoms with Crippen molar-refractivity contribution in [2.24, 2.45) is 17.8 Å². The van der Waals surface area contributed by atoms with Crippen molar-refractivity contribution in [3.8, 4) is 5.75 Å². The summed E-state index contributed by atoms with van der Waals surface area (Å²) in [6.45, 7) is 2.10. The molecular formula is C22H20N2O6. The zero-order valence-electron chi connectivity index (χ0n) is 16.3. The Bertz CT molecular complexity index is 1030. The number of hydrogen-bond acceptors (Lipinski definition) is 6. The maximum Gasteiger partial charge on any atom is 0.343 e. The van der Waals surface area contributed by atoms with Gasteiger partial charge in [-0.25, -0.2) is 4.79 Å². The predicted octanol–water partition coefficient (Wildman–Crippen LogP) is 3.74. The average molecular weight is 408 g/mol. The number of ether oxygens (including phenoxy) is 1. The maximum atomic E-state index is 12.8. The number of nitro benzene ring substituents is 1. The van der Waals surface area contributed by atoms with Gasteiger partial charge in [0.1, 0.15) is 5.75 Å². The van der Waals surface area contributed by atoms with Gasteiger partial charge in [0.25, 0.3) is 5.69 Å². The largest absolute Gasteiger partial charge is 0.423 e. The number of fused-ring (bicyclic) bond motifs is 1. The van der Waals surface area contributed by atoms with Gasteiger partial charge in [0.05, 0.1) is 28.0 Å². The van der Waals surface area contributed by atoms with Crippen LogP contribution in [0, 0.1) is 27.9 Å². The number of nitro groups is 1. The van der Waals surface area contributed by atoms with Crippen molar-refractivity contribution in [3.05, 3.63) is 64.2 Å². The number of hydrogen-bond donors (Lipinski definition) is 0. The minimum Gasteiger partial charge on any atom is -0.423 e. The first-order valence-electron chi connectivity index (χ1n) is 9.79. The third kappa shape index (κ3) is 3.56. The van der Waals surface area contributed by atoms with Crippen molar-refractivity contribution >= 4 is 29.2 Å². The number of carbonyl (C=O) groups is 3. The number of nitrogens with zero attached hydrogens (tertiary/aromatic N) is 2. The summed E-state index contributed by atoms with van der Waals surface area (Å²) in [5.74, 6) is -0.942. The van der Waals surface area contributed by atoms with Crippen LogP contribution in [0.2, 0.25) is 0 Å². The molecule has 30 heavy (non-hydrogen) atoms. The number of imide groups is 1. The molecule has 8 nitrogen and oxygen atoms in total. The first-order valence-corrected chi connectivity index (χ1v) is 9.79. The Morgan fingerprint density at radius 1 is 1.07 bits per heavy atom. The van der Waals surface area contributed by atoms with Gasteiger partial charge in [-0.2, -0.15) is 0 Å². The average Bonchev–Trinajstić information content (AvgIpc) is 2.98. The molecule has 1 saturated heterocycles. The number of amides is 2. The fourth-order valence-corrected chi connectivity index (χ4v) is 4.22. The van der Waals surface area contributed by atoms with Gasteiger partial charge in [-0.1, -0.05) is 13.0 Å². The molecule has 4 rings (SSSR count). The normalized spacial score (nSPS) is 23.2. The van der Waals surface area contributed by atoms with Crippen LogP contribution in [0.15, 0.2) is 48.5 Å². The van der Waals surface area contributed by atoms with Gasteiger partial charge in [-0.05, 0) is 55.5 Å². The lowest BCUT2D eigenvalue weighted by molar-refractivity contribution is -0.384. The number of esters is 1. The molecule has 0 spiro atoms. The SMILES string of the molecule is C[C@H]1CC[C@H]2C(=O)N(c3ccc(OC(=O)c4cccc([N+](=O)[O-])c4)cc3)C(=O)[C@@H]2C1. The molecule has 2 aliphatic rings. The zero-order chi connectivity index (χ0) is 21.4. The molecule has 0 bridgehead atoms. The Labute approximate surface area is 172 Å². The molecule has 2 fully saturated rings. The zero-order valence-corrected chi connectivity index (χ0v) is 16.3. The molecule has 2 aromatic carbocycles. The number of anilines is 1.